The summed E-state index contributed by atoms with van der Waals surface area (Å²) in [5, 5.41) is 0. The zero-order valence-electron chi connectivity index (χ0n) is 15.9. The fourth-order valence-electron chi connectivity index (χ4n) is 4.53. The predicted molar refractivity (Wildman–Crippen MR) is 91.1 cm³/mol. The molecular formula is C20H30O4. The molecule has 0 spiro atoms. The van der Waals surface area contributed by atoms with Gasteiger partial charge < -0.3 is 9.47 Å². The summed E-state index contributed by atoms with van der Waals surface area (Å²) in [4.78, 5) is 25.0. The summed E-state index contributed by atoms with van der Waals surface area (Å²) in [6.07, 6.45) is 2.99. The Morgan fingerprint density at radius 1 is 1.21 bits per heavy atom. The van der Waals surface area contributed by atoms with Crippen molar-refractivity contribution in [2.45, 2.75) is 73.5 Å². The lowest BCUT2D eigenvalue weighted by molar-refractivity contribution is -0.179. The summed E-state index contributed by atoms with van der Waals surface area (Å²) in [5.74, 6) is -0.132. The molecule has 0 radical (unpaired) electrons. The van der Waals surface area contributed by atoms with E-state index in [2.05, 4.69) is 41.5 Å². The number of ether oxygens (including phenoxy) is 2. The monoisotopic (exact) mass is 334 g/mol. The van der Waals surface area contributed by atoms with Crippen LogP contribution in [0.4, 0.5) is 0 Å². The van der Waals surface area contributed by atoms with Gasteiger partial charge in [-0.2, -0.15) is 0 Å². The van der Waals surface area contributed by atoms with Crippen molar-refractivity contribution in [3.63, 3.8) is 0 Å². The number of hydrogen-bond acceptors (Lipinski definition) is 4. The summed E-state index contributed by atoms with van der Waals surface area (Å²) in [6, 6.07) is 0. The Labute approximate surface area is 145 Å². The maximum absolute atomic E-state index is 13.2. The summed E-state index contributed by atoms with van der Waals surface area (Å²) < 4.78 is 11.5. The number of carbonyl (C=O) groups is 2. The largest absolute Gasteiger partial charge is 0.457 e. The SMILES string of the molecule is CC(C)(C)CC(C)(C(=O)OC1C2C=C3C(=O)OC1C3C2)C(C)(C)C. The van der Waals surface area contributed by atoms with Gasteiger partial charge in [0.05, 0.1) is 5.41 Å². The number of carbonyl (C=O) groups excluding carboxylic acids is 2. The average Bonchev–Trinajstić information content (AvgIpc) is 2.99. The molecule has 0 aromatic heterocycles. The van der Waals surface area contributed by atoms with E-state index in [-0.39, 0.29) is 46.8 Å². The molecule has 0 aromatic carbocycles. The van der Waals surface area contributed by atoms with E-state index in [4.69, 9.17) is 9.47 Å². The Bertz CT molecular complexity index is 604. The van der Waals surface area contributed by atoms with E-state index >= 15 is 0 Å². The van der Waals surface area contributed by atoms with Crippen LogP contribution >= 0.6 is 0 Å². The van der Waals surface area contributed by atoms with Gasteiger partial charge in [-0.25, -0.2) is 4.79 Å². The molecule has 5 atom stereocenters. The van der Waals surface area contributed by atoms with Crippen molar-refractivity contribution in [3.05, 3.63) is 11.6 Å². The fourth-order valence-corrected chi connectivity index (χ4v) is 4.53. The molecule has 1 heterocycles. The molecule has 0 amide bonds. The third-order valence-corrected chi connectivity index (χ3v) is 6.17. The molecule has 24 heavy (non-hydrogen) atoms. The van der Waals surface area contributed by atoms with E-state index in [0.717, 1.165) is 18.4 Å². The summed E-state index contributed by atoms with van der Waals surface area (Å²) >= 11 is 0. The van der Waals surface area contributed by atoms with Gasteiger partial charge in [-0.1, -0.05) is 47.6 Å². The van der Waals surface area contributed by atoms with Gasteiger partial charge in [0, 0.05) is 17.4 Å². The van der Waals surface area contributed by atoms with E-state index in [1.54, 1.807) is 0 Å². The molecular weight excluding hydrogens is 304 g/mol. The first kappa shape index (κ1) is 17.5. The molecule has 5 unspecified atom stereocenters. The minimum absolute atomic E-state index is 0.0165. The third kappa shape index (κ3) is 2.58. The molecule has 1 saturated heterocycles. The molecule has 3 aliphatic rings. The van der Waals surface area contributed by atoms with E-state index in [1.807, 2.05) is 13.0 Å². The van der Waals surface area contributed by atoms with Crippen molar-refractivity contribution in [1.82, 2.24) is 0 Å². The van der Waals surface area contributed by atoms with Crippen LogP contribution in [0.3, 0.4) is 0 Å². The summed E-state index contributed by atoms with van der Waals surface area (Å²) in [6.45, 7) is 14.7. The standard InChI is InChI=1S/C20H30O4/c1-18(2,3)10-20(7,19(4,5)6)17(22)24-14-11-8-12-13(9-11)16(21)23-15(12)14/h9,11-12,14-15H,8,10H2,1-7H3. The van der Waals surface area contributed by atoms with E-state index in [1.165, 1.54) is 0 Å². The molecule has 1 saturated carbocycles. The second-order valence-electron chi connectivity index (χ2n) is 10.2. The molecule has 0 aromatic rings. The molecule has 3 rings (SSSR count). The third-order valence-electron chi connectivity index (χ3n) is 6.17. The van der Waals surface area contributed by atoms with Crippen LogP contribution in [-0.4, -0.2) is 24.1 Å². The normalized spacial score (nSPS) is 34.0. The minimum Gasteiger partial charge on any atom is -0.457 e. The summed E-state index contributed by atoms with van der Waals surface area (Å²) in [5.41, 5.74) is -0.00158. The zero-order valence-corrected chi connectivity index (χ0v) is 15.9. The molecule has 2 bridgehead atoms. The van der Waals surface area contributed by atoms with Crippen LogP contribution in [0.5, 0.6) is 0 Å². The van der Waals surface area contributed by atoms with Crippen LogP contribution in [0.1, 0.15) is 61.3 Å². The number of fused-ring (bicyclic) bond motifs is 1. The first-order valence-corrected chi connectivity index (χ1v) is 8.97. The predicted octanol–water partition coefficient (Wildman–Crippen LogP) is 3.89. The van der Waals surface area contributed by atoms with Gasteiger partial charge >= 0.3 is 11.9 Å². The number of hydrogen-bond donors (Lipinski definition) is 0. The summed E-state index contributed by atoms with van der Waals surface area (Å²) in [7, 11) is 0. The van der Waals surface area contributed by atoms with Gasteiger partial charge in [-0.15, -0.1) is 0 Å². The number of esters is 2. The highest BCUT2D eigenvalue weighted by Gasteiger charge is 2.60. The highest BCUT2D eigenvalue weighted by molar-refractivity contribution is 5.93. The molecule has 1 aliphatic heterocycles. The minimum atomic E-state index is -0.595. The van der Waals surface area contributed by atoms with Crippen LogP contribution in [0, 0.1) is 28.1 Å². The van der Waals surface area contributed by atoms with Gasteiger partial charge in [-0.3, -0.25) is 4.79 Å². The lowest BCUT2D eigenvalue weighted by Gasteiger charge is -2.44. The molecule has 0 N–H and O–H groups in total. The molecule has 4 heteroatoms. The zero-order chi connectivity index (χ0) is 18.1. The average molecular weight is 334 g/mol. The quantitative estimate of drug-likeness (QED) is 0.735. The maximum Gasteiger partial charge on any atom is 0.334 e. The highest BCUT2D eigenvalue weighted by atomic mass is 16.6. The Balaban J connectivity index is 1.81. The Morgan fingerprint density at radius 2 is 1.83 bits per heavy atom. The van der Waals surface area contributed by atoms with Gasteiger partial charge in [0.1, 0.15) is 12.2 Å². The molecule has 2 aliphatic carbocycles. The Morgan fingerprint density at radius 3 is 2.38 bits per heavy atom. The van der Waals surface area contributed by atoms with Gasteiger partial charge in [0.2, 0.25) is 0 Å². The smallest absolute Gasteiger partial charge is 0.334 e. The van der Waals surface area contributed by atoms with Crippen LogP contribution < -0.4 is 0 Å². The van der Waals surface area contributed by atoms with Crippen LogP contribution in [0.15, 0.2) is 11.6 Å². The van der Waals surface area contributed by atoms with Crippen molar-refractivity contribution >= 4 is 11.9 Å². The first-order chi connectivity index (χ1) is 10.8. The Kier molecular flexibility index (Phi) is 3.71. The van der Waals surface area contributed by atoms with E-state index < -0.39 is 5.41 Å². The second-order valence-corrected chi connectivity index (χ2v) is 10.2. The second kappa shape index (κ2) is 5.09. The Hall–Kier alpha value is -1.32. The van der Waals surface area contributed by atoms with Gasteiger partial charge in [0.25, 0.3) is 0 Å². The van der Waals surface area contributed by atoms with Gasteiger partial charge in [-0.05, 0) is 30.6 Å². The van der Waals surface area contributed by atoms with E-state index in [0.29, 0.717) is 0 Å². The first-order valence-electron chi connectivity index (χ1n) is 8.97. The topological polar surface area (TPSA) is 52.6 Å². The van der Waals surface area contributed by atoms with E-state index in [9.17, 15) is 9.59 Å². The van der Waals surface area contributed by atoms with Crippen molar-refractivity contribution in [3.8, 4) is 0 Å². The van der Waals surface area contributed by atoms with Crippen LogP contribution in [0.2, 0.25) is 0 Å². The maximum atomic E-state index is 13.2. The lowest BCUT2D eigenvalue weighted by atomic mass is 9.61. The molecule has 134 valence electrons. The van der Waals surface area contributed by atoms with Crippen molar-refractivity contribution in [1.29, 1.82) is 0 Å². The van der Waals surface area contributed by atoms with Gasteiger partial charge in [0.15, 0.2) is 0 Å². The van der Waals surface area contributed by atoms with Crippen LogP contribution in [0.25, 0.3) is 0 Å². The fraction of sp³-hybridized carbons (Fsp3) is 0.800. The van der Waals surface area contributed by atoms with Crippen LogP contribution in [-0.2, 0) is 19.1 Å². The molecule has 4 nitrogen and oxygen atoms in total. The van der Waals surface area contributed by atoms with Crippen molar-refractivity contribution in [2.24, 2.45) is 28.1 Å². The van der Waals surface area contributed by atoms with Crippen molar-refractivity contribution < 1.29 is 19.1 Å². The molecule has 2 fully saturated rings. The lowest BCUT2D eigenvalue weighted by Crippen LogP contribution is -2.47. The highest BCUT2D eigenvalue weighted by Crippen LogP contribution is 2.53. The number of rotatable bonds is 3. The van der Waals surface area contributed by atoms with Crippen molar-refractivity contribution in [2.75, 3.05) is 0 Å².